The third kappa shape index (κ3) is 2.99. The zero-order valence-electron chi connectivity index (χ0n) is 10.9. The first kappa shape index (κ1) is 14.1. The summed E-state index contributed by atoms with van der Waals surface area (Å²) >= 11 is 0. The molecule has 1 heterocycles. The summed E-state index contributed by atoms with van der Waals surface area (Å²) in [6.45, 7) is 2.41. The molecule has 7 heteroatoms. The van der Waals surface area contributed by atoms with Gasteiger partial charge in [-0.2, -0.15) is 0 Å². The van der Waals surface area contributed by atoms with Crippen molar-refractivity contribution in [1.29, 1.82) is 0 Å². The highest BCUT2D eigenvalue weighted by atomic mass is 32.2. The molecule has 1 aromatic rings. The molecule has 1 fully saturated rings. The molecule has 1 aliphatic rings. The summed E-state index contributed by atoms with van der Waals surface area (Å²) in [7, 11) is -2.23. The van der Waals surface area contributed by atoms with E-state index in [1.54, 1.807) is 0 Å². The Hall–Kier alpha value is -1.31. The number of benzene rings is 1. The third-order valence-electron chi connectivity index (χ3n) is 3.16. The largest absolute Gasteiger partial charge is 0.495 e. The average molecular weight is 286 g/mol. The smallest absolute Gasteiger partial charge is 0.244 e. The standard InChI is InChI=1S/C12H18N2O4S/c1-8-10(5-6-18-8)14-19(15,16)12-4-3-9(13)7-11(12)17-2/h3-4,7-8,10,14H,5-6,13H2,1-2H3. The first-order chi connectivity index (χ1) is 8.94. The van der Waals surface area contributed by atoms with E-state index in [9.17, 15) is 8.42 Å². The number of ether oxygens (including phenoxy) is 2. The van der Waals surface area contributed by atoms with Gasteiger partial charge in [0.2, 0.25) is 10.0 Å². The van der Waals surface area contributed by atoms with Gasteiger partial charge >= 0.3 is 0 Å². The Morgan fingerprint density at radius 2 is 2.21 bits per heavy atom. The minimum absolute atomic E-state index is 0.0864. The molecule has 1 saturated heterocycles. The van der Waals surface area contributed by atoms with Gasteiger partial charge in [-0.1, -0.05) is 0 Å². The summed E-state index contributed by atoms with van der Waals surface area (Å²) in [5, 5.41) is 0. The molecule has 0 spiro atoms. The zero-order valence-corrected chi connectivity index (χ0v) is 11.7. The number of rotatable bonds is 4. The molecule has 0 saturated carbocycles. The van der Waals surface area contributed by atoms with E-state index in [1.807, 2.05) is 6.92 Å². The fourth-order valence-electron chi connectivity index (χ4n) is 2.06. The minimum Gasteiger partial charge on any atom is -0.495 e. The molecule has 1 aliphatic heterocycles. The first-order valence-corrected chi connectivity index (χ1v) is 7.50. The van der Waals surface area contributed by atoms with Crippen LogP contribution in [0.3, 0.4) is 0 Å². The van der Waals surface area contributed by atoms with Gasteiger partial charge < -0.3 is 15.2 Å². The van der Waals surface area contributed by atoms with Crippen molar-refractivity contribution in [2.24, 2.45) is 0 Å². The molecule has 0 amide bonds. The maximum absolute atomic E-state index is 12.3. The molecule has 106 valence electrons. The molecular formula is C12H18N2O4S. The van der Waals surface area contributed by atoms with Crippen LogP contribution in [0.15, 0.2) is 23.1 Å². The maximum atomic E-state index is 12.3. The Morgan fingerprint density at radius 1 is 1.47 bits per heavy atom. The molecule has 2 unspecified atom stereocenters. The number of nitrogens with one attached hydrogen (secondary N) is 1. The first-order valence-electron chi connectivity index (χ1n) is 6.01. The Morgan fingerprint density at radius 3 is 2.79 bits per heavy atom. The molecule has 0 radical (unpaired) electrons. The number of nitrogens with two attached hydrogens (primary N) is 1. The quantitative estimate of drug-likeness (QED) is 0.796. The molecule has 0 bridgehead atoms. The topological polar surface area (TPSA) is 90.7 Å². The molecule has 1 aromatic carbocycles. The molecule has 2 rings (SSSR count). The van der Waals surface area contributed by atoms with Gasteiger partial charge in [0.25, 0.3) is 0 Å². The summed E-state index contributed by atoms with van der Waals surface area (Å²) in [4.78, 5) is 0.0864. The zero-order chi connectivity index (χ0) is 14.0. The lowest BCUT2D eigenvalue weighted by molar-refractivity contribution is 0.117. The van der Waals surface area contributed by atoms with Crippen molar-refractivity contribution in [3.63, 3.8) is 0 Å². The maximum Gasteiger partial charge on any atom is 0.244 e. The van der Waals surface area contributed by atoms with Gasteiger partial charge in [0.15, 0.2) is 0 Å². The van der Waals surface area contributed by atoms with Crippen LogP contribution in [0.25, 0.3) is 0 Å². The van der Waals surface area contributed by atoms with E-state index in [-0.39, 0.29) is 22.8 Å². The molecular weight excluding hydrogens is 268 g/mol. The fourth-order valence-corrected chi connectivity index (χ4v) is 3.54. The SMILES string of the molecule is COc1cc(N)ccc1S(=O)(=O)NC1CCOC1C. The van der Waals surface area contributed by atoms with E-state index in [0.717, 1.165) is 0 Å². The van der Waals surface area contributed by atoms with Gasteiger partial charge in [-0.15, -0.1) is 0 Å². The van der Waals surface area contributed by atoms with Crippen LogP contribution >= 0.6 is 0 Å². The van der Waals surface area contributed by atoms with E-state index < -0.39 is 10.0 Å². The Balaban J connectivity index is 2.29. The number of methoxy groups -OCH3 is 1. The lowest BCUT2D eigenvalue weighted by atomic mass is 10.2. The van der Waals surface area contributed by atoms with Crippen LogP contribution in [0.1, 0.15) is 13.3 Å². The van der Waals surface area contributed by atoms with Crippen LogP contribution in [0.2, 0.25) is 0 Å². The second kappa shape index (κ2) is 5.36. The number of nitrogen functional groups attached to an aromatic ring is 1. The number of sulfonamides is 1. The minimum atomic E-state index is -3.65. The predicted octanol–water partition coefficient (Wildman–Crippen LogP) is 0.733. The molecule has 19 heavy (non-hydrogen) atoms. The van der Waals surface area contributed by atoms with Crippen LogP contribution in [-0.4, -0.2) is 34.3 Å². The molecule has 6 nitrogen and oxygen atoms in total. The molecule has 0 aromatic heterocycles. The molecule has 0 aliphatic carbocycles. The Labute approximate surface area is 112 Å². The van der Waals surface area contributed by atoms with Crippen LogP contribution < -0.4 is 15.2 Å². The highest BCUT2D eigenvalue weighted by Crippen LogP contribution is 2.27. The lowest BCUT2D eigenvalue weighted by Gasteiger charge is -2.17. The van der Waals surface area contributed by atoms with Gasteiger partial charge in [0, 0.05) is 18.4 Å². The van der Waals surface area contributed by atoms with Crippen molar-refractivity contribution < 1.29 is 17.9 Å². The van der Waals surface area contributed by atoms with Crippen molar-refractivity contribution in [3.8, 4) is 5.75 Å². The van der Waals surface area contributed by atoms with E-state index in [2.05, 4.69) is 4.72 Å². The lowest BCUT2D eigenvalue weighted by Crippen LogP contribution is -2.39. The van der Waals surface area contributed by atoms with Crippen LogP contribution in [0, 0.1) is 0 Å². The highest BCUT2D eigenvalue weighted by molar-refractivity contribution is 7.89. The van der Waals surface area contributed by atoms with Crippen LogP contribution in [0.5, 0.6) is 5.75 Å². The van der Waals surface area contributed by atoms with Gasteiger partial charge in [-0.3, -0.25) is 0 Å². The van der Waals surface area contributed by atoms with Gasteiger partial charge in [-0.25, -0.2) is 13.1 Å². The monoisotopic (exact) mass is 286 g/mol. The van der Waals surface area contributed by atoms with E-state index in [4.69, 9.17) is 15.2 Å². The number of anilines is 1. The second-order valence-corrected chi connectivity index (χ2v) is 6.19. The highest BCUT2D eigenvalue weighted by Gasteiger charge is 2.30. The summed E-state index contributed by atoms with van der Waals surface area (Å²) in [6.07, 6.45) is 0.534. The summed E-state index contributed by atoms with van der Waals surface area (Å²) < 4.78 is 37.7. The summed E-state index contributed by atoms with van der Waals surface area (Å²) in [6, 6.07) is 4.25. The van der Waals surface area contributed by atoms with Crippen LogP contribution in [-0.2, 0) is 14.8 Å². The Kier molecular flexibility index (Phi) is 3.98. The van der Waals surface area contributed by atoms with Gasteiger partial charge in [0.1, 0.15) is 10.6 Å². The Bertz CT molecular complexity index is 559. The second-order valence-electron chi connectivity index (χ2n) is 4.50. The van der Waals surface area contributed by atoms with Crippen molar-refractivity contribution in [1.82, 2.24) is 4.72 Å². The van der Waals surface area contributed by atoms with Crippen molar-refractivity contribution in [2.45, 2.75) is 30.4 Å². The van der Waals surface area contributed by atoms with Crippen molar-refractivity contribution in [3.05, 3.63) is 18.2 Å². The summed E-state index contributed by atoms with van der Waals surface area (Å²) in [5.41, 5.74) is 6.07. The van der Waals surface area contributed by atoms with Crippen molar-refractivity contribution in [2.75, 3.05) is 19.5 Å². The van der Waals surface area contributed by atoms with E-state index in [0.29, 0.717) is 18.7 Å². The van der Waals surface area contributed by atoms with Gasteiger partial charge in [0.05, 0.1) is 19.3 Å². The predicted molar refractivity (Wildman–Crippen MR) is 71.5 cm³/mol. The van der Waals surface area contributed by atoms with E-state index in [1.165, 1.54) is 25.3 Å². The fraction of sp³-hybridized carbons (Fsp3) is 0.500. The van der Waals surface area contributed by atoms with Gasteiger partial charge in [-0.05, 0) is 25.5 Å². The molecule has 3 N–H and O–H groups in total. The summed E-state index contributed by atoms with van der Waals surface area (Å²) in [5.74, 6) is 0.235. The normalized spacial score (nSPS) is 23.5. The third-order valence-corrected chi connectivity index (χ3v) is 4.69. The van der Waals surface area contributed by atoms with Crippen molar-refractivity contribution >= 4 is 15.7 Å². The average Bonchev–Trinajstić information content (AvgIpc) is 2.74. The number of hydrogen-bond donors (Lipinski definition) is 2. The van der Waals surface area contributed by atoms with Crippen LogP contribution in [0.4, 0.5) is 5.69 Å². The molecule has 2 atom stereocenters. The number of hydrogen-bond acceptors (Lipinski definition) is 5. The van der Waals surface area contributed by atoms with E-state index >= 15 is 0 Å².